The van der Waals surface area contributed by atoms with Gasteiger partial charge in [-0.3, -0.25) is 0 Å². The normalized spacial score (nSPS) is 11.3. The SMILES string of the molecule is NCc1nc(-c2nc3c(F)cc(F)cc3[nH]2)cs1. The topological polar surface area (TPSA) is 67.6 Å². The molecule has 4 nitrogen and oxygen atoms in total. The lowest BCUT2D eigenvalue weighted by Gasteiger charge is -1.90. The van der Waals surface area contributed by atoms with Crippen molar-refractivity contribution in [2.24, 2.45) is 5.73 Å². The van der Waals surface area contributed by atoms with Gasteiger partial charge in [0.2, 0.25) is 0 Å². The summed E-state index contributed by atoms with van der Waals surface area (Å²) < 4.78 is 26.5. The molecule has 0 aliphatic heterocycles. The number of imidazole rings is 1. The highest BCUT2D eigenvalue weighted by molar-refractivity contribution is 7.09. The summed E-state index contributed by atoms with van der Waals surface area (Å²) in [5, 5.41) is 2.53. The Labute approximate surface area is 104 Å². The van der Waals surface area contributed by atoms with E-state index in [1.165, 1.54) is 17.4 Å². The van der Waals surface area contributed by atoms with Crippen molar-refractivity contribution in [1.29, 1.82) is 0 Å². The average Bonchev–Trinajstić information content (AvgIpc) is 2.93. The minimum Gasteiger partial charge on any atom is -0.336 e. The standard InChI is InChI=1S/C11H8F2N4S/c12-5-1-6(13)10-7(2-5)16-11(17-10)8-4-18-9(3-14)15-8/h1-2,4H,3,14H2,(H,16,17). The Bertz CT molecular complexity index is 719. The summed E-state index contributed by atoms with van der Waals surface area (Å²) in [7, 11) is 0. The third-order valence-electron chi connectivity index (χ3n) is 2.47. The Balaban J connectivity index is 2.16. The molecule has 2 aromatic heterocycles. The summed E-state index contributed by atoms with van der Waals surface area (Å²) in [5.74, 6) is -0.927. The van der Waals surface area contributed by atoms with E-state index in [1.807, 2.05) is 0 Å². The number of hydrogen-bond acceptors (Lipinski definition) is 4. The van der Waals surface area contributed by atoms with Crippen LogP contribution in [0.4, 0.5) is 8.78 Å². The zero-order valence-electron chi connectivity index (χ0n) is 9.08. The highest BCUT2D eigenvalue weighted by Gasteiger charge is 2.12. The lowest BCUT2D eigenvalue weighted by Crippen LogP contribution is -1.94. The first-order chi connectivity index (χ1) is 8.67. The zero-order valence-corrected chi connectivity index (χ0v) is 9.89. The van der Waals surface area contributed by atoms with Gasteiger partial charge in [-0.15, -0.1) is 11.3 Å². The minimum atomic E-state index is -0.693. The predicted molar refractivity (Wildman–Crippen MR) is 65.0 cm³/mol. The van der Waals surface area contributed by atoms with Crippen LogP contribution in [0.5, 0.6) is 0 Å². The van der Waals surface area contributed by atoms with Gasteiger partial charge in [-0.25, -0.2) is 18.7 Å². The van der Waals surface area contributed by atoms with E-state index in [9.17, 15) is 8.78 Å². The molecule has 0 unspecified atom stereocenters. The summed E-state index contributed by atoms with van der Waals surface area (Å²) in [6.45, 7) is 0.341. The highest BCUT2D eigenvalue weighted by atomic mass is 32.1. The number of nitrogens with zero attached hydrogens (tertiary/aromatic N) is 2. The van der Waals surface area contributed by atoms with E-state index in [-0.39, 0.29) is 5.52 Å². The summed E-state index contributed by atoms with van der Waals surface area (Å²) >= 11 is 1.40. The van der Waals surface area contributed by atoms with E-state index < -0.39 is 11.6 Å². The van der Waals surface area contributed by atoms with Crippen molar-refractivity contribution in [3.8, 4) is 11.5 Å². The molecule has 0 fully saturated rings. The van der Waals surface area contributed by atoms with Crippen LogP contribution in [0.3, 0.4) is 0 Å². The van der Waals surface area contributed by atoms with Crippen LogP contribution in [0.15, 0.2) is 17.5 Å². The van der Waals surface area contributed by atoms with Crippen molar-refractivity contribution < 1.29 is 8.78 Å². The van der Waals surface area contributed by atoms with Gasteiger partial charge < -0.3 is 10.7 Å². The molecular formula is C11H8F2N4S. The second kappa shape index (κ2) is 4.11. The molecule has 3 N–H and O–H groups in total. The van der Waals surface area contributed by atoms with Crippen molar-refractivity contribution in [3.05, 3.63) is 34.2 Å². The van der Waals surface area contributed by atoms with E-state index >= 15 is 0 Å². The molecule has 18 heavy (non-hydrogen) atoms. The van der Waals surface area contributed by atoms with Gasteiger partial charge in [0, 0.05) is 18.0 Å². The maximum atomic E-state index is 13.5. The Kier molecular flexibility index (Phi) is 2.57. The first kappa shape index (κ1) is 11.2. The van der Waals surface area contributed by atoms with Crippen molar-refractivity contribution in [1.82, 2.24) is 15.0 Å². The monoisotopic (exact) mass is 266 g/mol. The van der Waals surface area contributed by atoms with Gasteiger partial charge >= 0.3 is 0 Å². The molecule has 3 rings (SSSR count). The van der Waals surface area contributed by atoms with Crippen molar-refractivity contribution >= 4 is 22.4 Å². The molecule has 0 spiro atoms. The fourth-order valence-electron chi connectivity index (χ4n) is 1.68. The number of nitrogens with two attached hydrogens (primary N) is 1. The number of halogens is 2. The molecule has 92 valence electrons. The van der Waals surface area contributed by atoms with Crippen LogP contribution in [0.2, 0.25) is 0 Å². The van der Waals surface area contributed by atoms with Gasteiger partial charge in [-0.2, -0.15) is 0 Å². The van der Waals surface area contributed by atoms with Gasteiger partial charge in [0.05, 0.1) is 5.52 Å². The fraction of sp³-hybridized carbons (Fsp3) is 0.0909. The quantitative estimate of drug-likeness (QED) is 0.748. The molecular weight excluding hydrogens is 258 g/mol. The van der Waals surface area contributed by atoms with E-state index in [2.05, 4.69) is 15.0 Å². The average molecular weight is 266 g/mol. The maximum Gasteiger partial charge on any atom is 0.158 e. The highest BCUT2D eigenvalue weighted by Crippen LogP contribution is 2.24. The van der Waals surface area contributed by atoms with Crippen LogP contribution in [0, 0.1) is 11.6 Å². The van der Waals surface area contributed by atoms with Gasteiger partial charge in [0.1, 0.15) is 22.0 Å². The molecule has 0 radical (unpaired) electrons. The number of hydrogen-bond donors (Lipinski definition) is 2. The zero-order chi connectivity index (χ0) is 12.7. The third-order valence-corrected chi connectivity index (χ3v) is 3.34. The van der Waals surface area contributed by atoms with E-state index in [0.717, 1.165) is 11.1 Å². The van der Waals surface area contributed by atoms with Crippen LogP contribution in [0.1, 0.15) is 5.01 Å². The number of H-pyrrole nitrogens is 1. The molecule has 0 atom stereocenters. The Morgan fingerprint density at radius 1 is 1.28 bits per heavy atom. The van der Waals surface area contributed by atoms with Crippen LogP contribution < -0.4 is 5.73 Å². The largest absolute Gasteiger partial charge is 0.336 e. The van der Waals surface area contributed by atoms with E-state index in [0.29, 0.717) is 23.6 Å². The third kappa shape index (κ3) is 1.77. The Morgan fingerprint density at radius 2 is 2.11 bits per heavy atom. The molecule has 0 saturated heterocycles. The van der Waals surface area contributed by atoms with Crippen molar-refractivity contribution in [2.45, 2.75) is 6.54 Å². The Hall–Kier alpha value is -1.86. The smallest absolute Gasteiger partial charge is 0.158 e. The van der Waals surface area contributed by atoms with Crippen LogP contribution in [-0.4, -0.2) is 15.0 Å². The number of benzene rings is 1. The number of aromatic amines is 1. The first-order valence-corrected chi connectivity index (χ1v) is 6.05. The molecule has 0 amide bonds. The molecule has 2 heterocycles. The van der Waals surface area contributed by atoms with Gasteiger partial charge in [0.25, 0.3) is 0 Å². The number of fused-ring (bicyclic) bond motifs is 1. The molecule has 1 aromatic carbocycles. The molecule has 7 heteroatoms. The molecule has 0 saturated carbocycles. The lowest BCUT2D eigenvalue weighted by molar-refractivity contribution is 0.591. The molecule has 0 bridgehead atoms. The van der Waals surface area contributed by atoms with E-state index in [4.69, 9.17) is 5.73 Å². The maximum absolute atomic E-state index is 13.5. The van der Waals surface area contributed by atoms with E-state index in [1.54, 1.807) is 5.38 Å². The minimum absolute atomic E-state index is 0.105. The number of rotatable bonds is 2. The van der Waals surface area contributed by atoms with Crippen molar-refractivity contribution in [3.63, 3.8) is 0 Å². The summed E-state index contributed by atoms with van der Waals surface area (Å²) in [6.07, 6.45) is 0. The second-order valence-electron chi connectivity index (χ2n) is 3.70. The molecule has 0 aliphatic rings. The molecule has 0 aliphatic carbocycles. The summed E-state index contributed by atoms with van der Waals surface area (Å²) in [5.41, 5.74) is 6.46. The number of nitrogens with one attached hydrogen (secondary N) is 1. The summed E-state index contributed by atoms with van der Waals surface area (Å²) in [6, 6.07) is 2.00. The fourth-order valence-corrected chi connectivity index (χ4v) is 2.34. The predicted octanol–water partition coefficient (Wildman–Crippen LogP) is 2.42. The van der Waals surface area contributed by atoms with Gasteiger partial charge in [-0.1, -0.05) is 0 Å². The van der Waals surface area contributed by atoms with Crippen LogP contribution in [-0.2, 0) is 6.54 Å². The lowest BCUT2D eigenvalue weighted by atomic mass is 10.3. The number of aromatic nitrogens is 3. The number of thiazole rings is 1. The first-order valence-electron chi connectivity index (χ1n) is 5.17. The van der Waals surface area contributed by atoms with Crippen LogP contribution in [0.25, 0.3) is 22.6 Å². The van der Waals surface area contributed by atoms with Gasteiger partial charge in [0.15, 0.2) is 11.6 Å². The van der Waals surface area contributed by atoms with Crippen molar-refractivity contribution in [2.75, 3.05) is 0 Å². The van der Waals surface area contributed by atoms with Gasteiger partial charge in [-0.05, 0) is 6.07 Å². The second-order valence-corrected chi connectivity index (χ2v) is 4.64. The van der Waals surface area contributed by atoms with Crippen LogP contribution >= 0.6 is 11.3 Å². The molecule has 3 aromatic rings. The Morgan fingerprint density at radius 3 is 2.83 bits per heavy atom. The summed E-state index contributed by atoms with van der Waals surface area (Å²) in [4.78, 5) is 11.2.